The SMILES string of the molecule is CO/N=C/c1ccc(OC[C@@H]2CN(c3ccc(C#N)c(C(F)(F)F)c3)[C@@H](C(F)(F)F)O2)cc1. The molecule has 0 aliphatic carbocycles. The molecule has 0 spiro atoms. The summed E-state index contributed by atoms with van der Waals surface area (Å²) >= 11 is 0. The Balaban J connectivity index is 1.77. The maximum atomic E-state index is 13.6. The molecule has 1 fully saturated rings. The van der Waals surface area contributed by atoms with Crippen LogP contribution >= 0.6 is 0 Å². The molecule has 0 radical (unpaired) electrons. The number of hydrogen-bond acceptors (Lipinski definition) is 6. The summed E-state index contributed by atoms with van der Waals surface area (Å²) in [6.07, 6.45) is -11.9. The van der Waals surface area contributed by atoms with Crippen molar-refractivity contribution in [3.8, 4) is 11.8 Å². The zero-order valence-electron chi connectivity index (χ0n) is 17.0. The summed E-state index contributed by atoms with van der Waals surface area (Å²) in [5.74, 6) is 0.355. The summed E-state index contributed by atoms with van der Waals surface area (Å²) < 4.78 is 91.0. The summed E-state index contributed by atoms with van der Waals surface area (Å²) in [5.41, 5.74) is -1.67. The molecule has 0 bridgehead atoms. The molecule has 3 rings (SSSR count). The second kappa shape index (κ2) is 9.58. The number of alkyl halides is 6. The van der Waals surface area contributed by atoms with E-state index in [1.54, 1.807) is 24.3 Å². The van der Waals surface area contributed by atoms with Crippen LogP contribution in [0.4, 0.5) is 32.0 Å². The lowest BCUT2D eigenvalue weighted by Crippen LogP contribution is -2.42. The molecule has 6 nitrogen and oxygen atoms in total. The van der Waals surface area contributed by atoms with Gasteiger partial charge in [0.05, 0.1) is 30.0 Å². The van der Waals surface area contributed by atoms with Crippen LogP contribution in [0.25, 0.3) is 0 Å². The fourth-order valence-electron chi connectivity index (χ4n) is 3.20. The van der Waals surface area contributed by atoms with Crippen molar-refractivity contribution in [2.75, 3.05) is 25.2 Å². The van der Waals surface area contributed by atoms with E-state index in [2.05, 4.69) is 9.99 Å². The number of oxime groups is 1. The van der Waals surface area contributed by atoms with Crippen LogP contribution in [0.2, 0.25) is 0 Å². The minimum absolute atomic E-state index is 0.267. The van der Waals surface area contributed by atoms with Gasteiger partial charge in [0, 0.05) is 5.69 Å². The molecular formula is C21H17F6N3O3. The third-order valence-corrected chi connectivity index (χ3v) is 4.67. The molecule has 1 saturated heterocycles. The topological polar surface area (TPSA) is 67.1 Å². The van der Waals surface area contributed by atoms with Crippen LogP contribution in [0.5, 0.6) is 5.75 Å². The summed E-state index contributed by atoms with van der Waals surface area (Å²) in [7, 11) is 1.38. The van der Waals surface area contributed by atoms with Crippen molar-refractivity contribution in [2.45, 2.75) is 24.7 Å². The van der Waals surface area contributed by atoms with E-state index < -0.39 is 35.8 Å². The zero-order chi connectivity index (χ0) is 24.2. The molecule has 0 amide bonds. The number of hydrogen-bond donors (Lipinski definition) is 0. The van der Waals surface area contributed by atoms with Gasteiger partial charge in [-0.05, 0) is 48.0 Å². The number of anilines is 1. The standard InChI is InChI=1S/C21H17F6N3O3/c1-31-29-10-13-2-6-16(7-3-13)32-12-17-11-30(19(33-17)21(25,26)27)15-5-4-14(9-28)18(8-15)20(22,23)24/h2-8,10,17,19H,11-12H2,1H3/b29-10+/t17-,19+/m0/s1. The quantitative estimate of drug-likeness (QED) is 0.345. The van der Waals surface area contributed by atoms with Crippen molar-refractivity contribution in [3.05, 3.63) is 59.2 Å². The van der Waals surface area contributed by atoms with E-state index >= 15 is 0 Å². The van der Waals surface area contributed by atoms with Gasteiger partial charge in [0.2, 0.25) is 6.23 Å². The van der Waals surface area contributed by atoms with Gasteiger partial charge >= 0.3 is 12.4 Å². The second-order valence-electron chi connectivity index (χ2n) is 6.94. The molecule has 2 atom stereocenters. The van der Waals surface area contributed by atoms with Crippen molar-refractivity contribution in [3.63, 3.8) is 0 Å². The lowest BCUT2D eigenvalue weighted by atomic mass is 10.1. The van der Waals surface area contributed by atoms with Crippen molar-refractivity contribution in [2.24, 2.45) is 5.16 Å². The predicted molar refractivity (Wildman–Crippen MR) is 105 cm³/mol. The highest BCUT2D eigenvalue weighted by Gasteiger charge is 2.51. The van der Waals surface area contributed by atoms with Gasteiger partial charge in [-0.1, -0.05) is 5.16 Å². The van der Waals surface area contributed by atoms with Crippen LogP contribution in [-0.2, 0) is 15.8 Å². The molecule has 1 aliphatic heterocycles. The molecule has 0 aromatic heterocycles. The Bertz CT molecular complexity index is 1030. The van der Waals surface area contributed by atoms with E-state index in [-0.39, 0.29) is 18.8 Å². The summed E-state index contributed by atoms with van der Waals surface area (Å²) in [5, 5.41) is 12.5. The van der Waals surface area contributed by atoms with Crippen LogP contribution < -0.4 is 9.64 Å². The van der Waals surface area contributed by atoms with Gasteiger partial charge in [0.25, 0.3) is 0 Å². The molecule has 2 aromatic rings. The highest BCUT2D eigenvalue weighted by molar-refractivity contribution is 5.79. The van der Waals surface area contributed by atoms with Crippen LogP contribution in [-0.4, -0.2) is 45.0 Å². The van der Waals surface area contributed by atoms with Crippen LogP contribution in [0.1, 0.15) is 16.7 Å². The van der Waals surface area contributed by atoms with E-state index in [4.69, 9.17) is 14.7 Å². The second-order valence-corrected chi connectivity index (χ2v) is 6.94. The number of nitriles is 1. The number of ether oxygens (including phenoxy) is 2. The Morgan fingerprint density at radius 3 is 2.42 bits per heavy atom. The Hall–Kier alpha value is -3.46. The largest absolute Gasteiger partial charge is 0.491 e. The molecule has 0 unspecified atom stereocenters. The van der Waals surface area contributed by atoms with Gasteiger partial charge in [0.1, 0.15) is 25.6 Å². The highest BCUT2D eigenvalue weighted by Crippen LogP contribution is 2.39. The first kappa shape index (κ1) is 24.2. The van der Waals surface area contributed by atoms with Gasteiger partial charge in [-0.25, -0.2) is 0 Å². The normalized spacial score (nSPS) is 19.0. The van der Waals surface area contributed by atoms with E-state index in [1.165, 1.54) is 19.4 Å². The van der Waals surface area contributed by atoms with Crippen molar-refractivity contribution in [1.29, 1.82) is 5.26 Å². The van der Waals surface area contributed by atoms with Crippen molar-refractivity contribution >= 4 is 11.9 Å². The molecule has 12 heteroatoms. The average molecular weight is 473 g/mol. The number of nitrogens with zero attached hydrogens (tertiary/aromatic N) is 3. The molecule has 0 saturated carbocycles. The smallest absolute Gasteiger partial charge is 0.433 e. The fraction of sp³-hybridized carbons (Fsp3) is 0.333. The number of rotatable bonds is 6. The molecule has 2 aromatic carbocycles. The maximum absolute atomic E-state index is 13.6. The first-order valence-electron chi connectivity index (χ1n) is 9.42. The van der Waals surface area contributed by atoms with Crippen LogP contribution in [0.3, 0.4) is 0 Å². The van der Waals surface area contributed by atoms with E-state index in [0.717, 1.165) is 12.1 Å². The van der Waals surface area contributed by atoms with Gasteiger partial charge in [0.15, 0.2) is 0 Å². The Labute approximate surface area is 184 Å². The molecule has 1 heterocycles. The van der Waals surface area contributed by atoms with E-state index in [9.17, 15) is 26.3 Å². The van der Waals surface area contributed by atoms with Crippen LogP contribution in [0.15, 0.2) is 47.6 Å². The minimum Gasteiger partial charge on any atom is -0.491 e. The third kappa shape index (κ3) is 5.87. The Morgan fingerprint density at radius 2 is 1.85 bits per heavy atom. The zero-order valence-corrected chi connectivity index (χ0v) is 17.0. The molecule has 1 aliphatic rings. The molecular weight excluding hydrogens is 456 g/mol. The van der Waals surface area contributed by atoms with Gasteiger partial charge in [-0.3, -0.25) is 0 Å². The minimum atomic E-state index is -4.90. The first-order valence-corrected chi connectivity index (χ1v) is 9.42. The first-order chi connectivity index (χ1) is 15.5. The summed E-state index contributed by atoms with van der Waals surface area (Å²) in [6.45, 7) is -0.636. The van der Waals surface area contributed by atoms with Gasteiger partial charge in [-0.15, -0.1) is 0 Å². The molecule has 33 heavy (non-hydrogen) atoms. The number of benzene rings is 2. The maximum Gasteiger partial charge on any atom is 0.433 e. The Kier molecular flexibility index (Phi) is 7.02. The fourth-order valence-corrected chi connectivity index (χ4v) is 3.20. The summed E-state index contributed by atoms with van der Waals surface area (Å²) in [4.78, 5) is 5.24. The van der Waals surface area contributed by atoms with Crippen molar-refractivity contribution in [1.82, 2.24) is 0 Å². The summed E-state index contributed by atoms with van der Waals surface area (Å²) in [6, 6.07) is 10.2. The Morgan fingerprint density at radius 1 is 1.15 bits per heavy atom. The van der Waals surface area contributed by atoms with E-state index in [1.807, 2.05) is 0 Å². The third-order valence-electron chi connectivity index (χ3n) is 4.67. The predicted octanol–water partition coefficient (Wildman–Crippen LogP) is 4.73. The molecule has 176 valence electrons. The highest BCUT2D eigenvalue weighted by atomic mass is 19.4. The lowest BCUT2D eigenvalue weighted by Gasteiger charge is -2.27. The van der Waals surface area contributed by atoms with E-state index in [0.29, 0.717) is 22.3 Å². The lowest BCUT2D eigenvalue weighted by molar-refractivity contribution is -0.215. The average Bonchev–Trinajstić information content (AvgIpc) is 3.21. The number of halogens is 6. The van der Waals surface area contributed by atoms with Crippen molar-refractivity contribution < 1.29 is 40.7 Å². The van der Waals surface area contributed by atoms with Gasteiger partial charge < -0.3 is 19.2 Å². The van der Waals surface area contributed by atoms with Crippen LogP contribution in [0, 0.1) is 11.3 Å². The van der Waals surface area contributed by atoms with Gasteiger partial charge in [-0.2, -0.15) is 31.6 Å². The monoisotopic (exact) mass is 473 g/mol. The molecule has 0 N–H and O–H groups in total.